The van der Waals surface area contributed by atoms with E-state index in [-0.39, 0.29) is 24.2 Å². The summed E-state index contributed by atoms with van der Waals surface area (Å²) >= 11 is 12.4. The first-order valence-electron chi connectivity index (χ1n) is 7.79. The fourth-order valence-corrected chi connectivity index (χ4v) is 3.59. The molecule has 1 atom stereocenters. The zero-order valence-corrected chi connectivity index (χ0v) is 15.0. The van der Waals surface area contributed by atoms with Gasteiger partial charge in [-0.05, 0) is 31.9 Å². The second kappa shape index (κ2) is 7.01. The van der Waals surface area contributed by atoms with Gasteiger partial charge in [-0.3, -0.25) is 9.59 Å². The van der Waals surface area contributed by atoms with Crippen molar-refractivity contribution in [2.75, 3.05) is 6.54 Å². The number of amides is 1. The van der Waals surface area contributed by atoms with Crippen molar-refractivity contribution in [2.45, 2.75) is 32.2 Å². The number of aryl methyl sites for hydroxylation is 1. The minimum atomic E-state index is -0.929. The number of likely N-dealkylation sites (tertiary alicyclic amines) is 1. The number of carboxylic acid groups (broad SMARTS) is 1. The molecule has 3 rings (SSSR count). The highest BCUT2D eigenvalue weighted by atomic mass is 35.5. The normalized spacial score (nSPS) is 17.1. The monoisotopic (exact) mass is 382 g/mol. The molecule has 1 aliphatic rings. The Morgan fingerprint density at radius 3 is 2.64 bits per heavy atom. The van der Waals surface area contributed by atoms with E-state index in [4.69, 9.17) is 28.3 Å². The zero-order chi connectivity index (χ0) is 18.1. The Kier molecular flexibility index (Phi) is 4.96. The first kappa shape index (κ1) is 17.7. The van der Waals surface area contributed by atoms with Crippen LogP contribution in [0.2, 0.25) is 10.0 Å². The van der Waals surface area contributed by atoms with Crippen LogP contribution in [0.1, 0.15) is 35.7 Å². The number of hydrogen-bond acceptors (Lipinski definition) is 4. The SMILES string of the molecule is Cc1nc(C(=O)N2CCCC2CC(=O)O)nn1-c1c(Cl)cccc1Cl. The van der Waals surface area contributed by atoms with Crippen LogP contribution in [0, 0.1) is 6.92 Å². The molecule has 2 heterocycles. The summed E-state index contributed by atoms with van der Waals surface area (Å²) in [5.74, 6) is -0.839. The van der Waals surface area contributed by atoms with Crippen molar-refractivity contribution >= 4 is 35.1 Å². The summed E-state index contributed by atoms with van der Waals surface area (Å²) in [5, 5.41) is 14.0. The maximum absolute atomic E-state index is 12.7. The Balaban J connectivity index is 1.92. The summed E-state index contributed by atoms with van der Waals surface area (Å²) in [4.78, 5) is 29.5. The maximum Gasteiger partial charge on any atom is 0.305 e. The van der Waals surface area contributed by atoms with Crippen LogP contribution in [0.4, 0.5) is 0 Å². The van der Waals surface area contributed by atoms with E-state index in [1.165, 1.54) is 9.58 Å². The van der Waals surface area contributed by atoms with Gasteiger partial charge in [0.25, 0.3) is 5.91 Å². The molecular weight excluding hydrogens is 367 g/mol. The maximum atomic E-state index is 12.7. The van der Waals surface area contributed by atoms with E-state index in [1.54, 1.807) is 25.1 Å². The molecular formula is C16H16Cl2N4O3. The number of carboxylic acids is 1. The largest absolute Gasteiger partial charge is 0.481 e. The lowest BCUT2D eigenvalue weighted by atomic mass is 10.1. The third-order valence-electron chi connectivity index (χ3n) is 4.16. The number of halogens is 2. The molecule has 7 nitrogen and oxygen atoms in total. The molecule has 0 aliphatic carbocycles. The van der Waals surface area contributed by atoms with Crippen LogP contribution in [0.3, 0.4) is 0 Å². The number of hydrogen-bond donors (Lipinski definition) is 1. The van der Waals surface area contributed by atoms with E-state index >= 15 is 0 Å². The molecule has 0 spiro atoms. The molecule has 1 unspecified atom stereocenters. The lowest BCUT2D eigenvalue weighted by molar-refractivity contribution is -0.137. The molecule has 2 aromatic rings. The Morgan fingerprint density at radius 1 is 1.32 bits per heavy atom. The molecule has 1 saturated heterocycles. The predicted octanol–water partition coefficient (Wildman–Crippen LogP) is 2.96. The van der Waals surface area contributed by atoms with Crippen LogP contribution in [-0.2, 0) is 4.79 Å². The van der Waals surface area contributed by atoms with Crippen LogP contribution in [0.5, 0.6) is 0 Å². The fraction of sp³-hybridized carbons (Fsp3) is 0.375. The average Bonchev–Trinajstić information content (AvgIpc) is 3.13. The Labute approximate surface area is 154 Å². The number of rotatable bonds is 4. The first-order chi connectivity index (χ1) is 11.9. The highest BCUT2D eigenvalue weighted by Crippen LogP contribution is 2.29. The number of carbonyl (C=O) groups is 2. The Bertz CT molecular complexity index is 817. The molecule has 0 radical (unpaired) electrons. The van der Waals surface area contributed by atoms with Gasteiger partial charge in [0.15, 0.2) is 0 Å². The lowest BCUT2D eigenvalue weighted by Gasteiger charge is -2.21. The molecule has 0 saturated carbocycles. The summed E-state index contributed by atoms with van der Waals surface area (Å²) in [7, 11) is 0. The second-order valence-corrected chi connectivity index (χ2v) is 6.67. The molecule has 1 N–H and O–H groups in total. The number of para-hydroxylation sites is 1. The van der Waals surface area contributed by atoms with Crippen molar-refractivity contribution in [2.24, 2.45) is 0 Å². The molecule has 25 heavy (non-hydrogen) atoms. The fourth-order valence-electron chi connectivity index (χ4n) is 3.03. The van der Waals surface area contributed by atoms with Gasteiger partial charge in [-0.15, -0.1) is 5.10 Å². The predicted molar refractivity (Wildman–Crippen MR) is 92.4 cm³/mol. The molecule has 9 heteroatoms. The van der Waals surface area contributed by atoms with Gasteiger partial charge in [0.05, 0.1) is 16.5 Å². The third-order valence-corrected chi connectivity index (χ3v) is 4.77. The van der Waals surface area contributed by atoms with E-state index in [9.17, 15) is 9.59 Å². The van der Waals surface area contributed by atoms with Gasteiger partial charge < -0.3 is 10.0 Å². The van der Waals surface area contributed by atoms with Gasteiger partial charge in [0.2, 0.25) is 5.82 Å². The van der Waals surface area contributed by atoms with Gasteiger partial charge >= 0.3 is 5.97 Å². The summed E-state index contributed by atoms with van der Waals surface area (Å²) in [6, 6.07) is 4.73. The van der Waals surface area contributed by atoms with Crippen LogP contribution in [0.25, 0.3) is 5.69 Å². The molecule has 1 aliphatic heterocycles. The topological polar surface area (TPSA) is 88.3 Å². The lowest BCUT2D eigenvalue weighted by Crippen LogP contribution is -2.37. The molecule has 132 valence electrons. The summed E-state index contributed by atoms with van der Waals surface area (Å²) in [6.45, 7) is 2.19. The molecule has 1 amide bonds. The van der Waals surface area contributed by atoms with Crippen molar-refractivity contribution in [3.8, 4) is 5.69 Å². The summed E-state index contributed by atoms with van der Waals surface area (Å²) in [6.07, 6.45) is 1.34. The van der Waals surface area contributed by atoms with E-state index in [0.29, 0.717) is 34.5 Å². The average molecular weight is 383 g/mol. The Hall–Kier alpha value is -2.12. The van der Waals surface area contributed by atoms with Gasteiger partial charge in [0, 0.05) is 12.6 Å². The standard InChI is InChI=1S/C16H16Cl2N4O3/c1-9-19-15(16(25)21-7-3-4-10(21)8-13(23)24)20-22(9)14-11(17)5-2-6-12(14)18/h2,5-6,10H,3-4,7-8H2,1H3,(H,23,24). The number of aliphatic carboxylic acids is 1. The smallest absolute Gasteiger partial charge is 0.305 e. The summed E-state index contributed by atoms with van der Waals surface area (Å²) in [5.41, 5.74) is 0.457. The van der Waals surface area contributed by atoms with Gasteiger partial charge in [-0.25, -0.2) is 9.67 Å². The number of carbonyl (C=O) groups excluding carboxylic acids is 1. The molecule has 1 fully saturated rings. The number of nitrogens with zero attached hydrogens (tertiary/aromatic N) is 4. The molecule has 0 bridgehead atoms. The minimum absolute atomic E-state index is 0.00535. The van der Waals surface area contributed by atoms with Gasteiger partial charge in [-0.2, -0.15) is 0 Å². The van der Waals surface area contributed by atoms with Crippen molar-refractivity contribution in [1.29, 1.82) is 0 Å². The van der Waals surface area contributed by atoms with Crippen LogP contribution >= 0.6 is 23.2 Å². The highest BCUT2D eigenvalue weighted by Gasteiger charge is 2.33. The van der Waals surface area contributed by atoms with Crippen LogP contribution in [-0.4, -0.2) is 49.2 Å². The quantitative estimate of drug-likeness (QED) is 0.877. The van der Waals surface area contributed by atoms with Crippen LogP contribution in [0.15, 0.2) is 18.2 Å². The zero-order valence-electron chi connectivity index (χ0n) is 13.4. The first-order valence-corrected chi connectivity index (χ1v) is 8.55. The van der Waals surface area contributed by atoms with Gasteiger partial charge in [0.1, 0.15) is 11.5 Å². The third kappa shape index (κ3) is 3.48. The van der Waals surface area contributed by atoms with Crippen molar-refractivity contribution in [3.05, 3.63) is 39.9 Å². The number of benzene rings is 1. The van der Waals surface area contributed by atoms with Gasteiger partial charge in [-0.1, -0.05) is 29.3 Å². The van der Waals surface area contributed by atoms with Crippen LogP contribution < -0.4 is 0 Å². The van der Waals surface area contributed by atoms with E-state index < -0.39 is 5.97 Å². The summed E-state index contributed by atoms with van der Waals surface area (Å²) < 4.78 is 1.43. The van der Waals surface area contributed by atoms with E-state index in [2.05, 4.69) is 10.1 Å². The highest BCUT2D eigenvalue weighted by molar-refractivity contribution is 6.37. The molecule has 1 aromatic carbocycles. The second-order valence-electron chi connectivity index (χ2n) is 5.86. The van der Waals surface area contributed by atoms with E-state index in [1.807, 2.05) is 0 Å². The Morgan fingerprint density at radius 2 is 2.00 bits per heavy atom. The molecule has 1 aromatic heterocycles. The van der Waals surface area contributed by atoms with Crippen molar-refractivity contribution in [1.82, 2.24) is 19.7 Å². The number of aromatic nitrogens is 3. The van der Waals surface area contributed by atoms with E-state index in [0.717, 1.165) is 6.42 Å². The minimum Gasteiger partial charge on any atom is -0.481 e. The van der Waals surface area contributed by atoms with Crippen molar-refractivity contribution < 1.29 is 14.7 Å². The van der Waals surface area contributed by atoms with Crippen molar-refractivity contribution in [3.63, 3.8) is 0 Å².